The van der Waals surface area contributed by atoms with Gasteiger partial charge in [0, 0.05) is 21.7 Å². The van der Waals surface area contributed by atoms with E-state index in [0.29, 0.717) is 5.02 Å². The van der Waals surface area contributed by atoms with Crippen molar-refractivity contribution in [3.63, 3.8) is 0 Å². The number of anilines is 1. The van der Waals surface area contributed by atoms with Crippen molar-refractivity contribution in [3.8, 4) is 0 Å². The van der Waals surface area contributed by atoms with Gasteiger partial charge in [0.25, 0.3) is 0 Å². The van der Waals surface area contributed by atoms with Crippen LogP contribution in [0.2, 0.25) is 5.02 Å². The molecule has 0 amide bonds. The van der Waals surface area contributed by atoms with Crippen molar-refractivity contribution in [3.05, 3.63) is 23.2 Å². The molecule has 0 unspecified atom stereocenters. The van der Waals surface area contributed by atoms with Crippen molar-refractivity contribution in [2.24, 2.45) is 0 Å². The molecule has 10 heavy (non-hydrogen) atoms. The van der Waals surface area contributed by atoms with Crippen LogP contribution >= 0.6 is 36.0 Å². The second-order valence-electron chi connectivity index (χ2n) is 1.76. The molecule has 1 nitrogen and oxygen atoms in total. The number of hydrogen-bond donors (Lipinski definition) is 2. The van der Waals surface area contributed by atoms with Crippen molar-refractivity contribution < 1.29 is 0 Å². The monoisotopic (exact) mass is 193 g/mol. The second kappa shape index (κ2) is 3.37. The molecule has 1 N–H and O–H groups in total. The molecule has 0 aliphatic heterocycles. The molecule has 0 heterocycles. The highest BCUT2D eigenvalue weighted by atomic mass is 35.5. The van der Waals surface area contributed by atoms with E-state index in [4.69, 9.17) is 23.4 Å². The zero-order valence-electron chi connectivity index (χ0n) is 4.94. The highest BCUT2D eigenvalue weighted by Gasteiger charge is 1.95. The molecule has 1 aromatic carbocycles. The minimum atomic E-state index is 0.653. The molecule has 0 aliphatic carbocycles. The van der Waals surface area contributed by atoms with Gasteiger partial charge in [0.2, 0.25) is 0 Å². The van der Waals surface area contributed by atoms with Crippen molar-refractivity contribution in [2.45, 2.75) is 4.90 Å². The van der Waals surface area contributed by atoms with Crippen LogP contribution in [0.4, 0.5) is 5.69 Å². The Bertz CT molecular complexity index is 239. The maximum absolute atomic E-state index is 5.65. The highest BCUT2D eigenvalue weighted by Crippen LogP contribution is 2.23. The Balaban J connectivity index is 3.07. The summed E-state index contributed by atoms with van der Waals surface area (Å²) >= 11 is 15.1. The van der Waals surface area contributed by atoms with Gasteiger partial charge in [-0.05, 0) is 18.2 Å². The zero-order valence-corrected chi connectivity index (χ0v) is 7.34. The Kier molecular flexibility index (Phi) is 2.72. The summed E-state index contributed by atoms with van der Waals surface area (Å²) in [5.74, 6) is 0. The molecular formula is C6H5Cl2NS. The van der Waals surface area contributed by atoms with Crippen molar-refractivity contribution in [2.75, 3.05) is 4.84 Å². The molecular weight excluding hydrogens is 189 g/mol. The molecule has 4 heteroatoms. The fourth-order valence-corrected chi connectivity index (χ4v) is 1.33. The van der Waals surface area contributed by atoms with Gasteiger partial charge in [0.05, 0.1) is 5.69 Å². The van der Waals surface area contributed by atoms with Crippen LogP contribution in [-0.4, -0.2) is 0 Å². The minimum Gasteiger partial charge on any atom is -0.297 e. The Hall–Kier alpha value is -0.0500. The molecule has 1 rings (SSSR count). The molecule has 0 bridgehead atoms. The third-order valence-corrected chi connectivity index (χ3v) is 1.87. The summed E-state index contributed by atoms with van der Waals surface area (Å²) in [5, 5.41) is 0.653. The second-order valence-corrected chi connectivity index (χ2v) is 2.86. The van der Waals surface area contributed by atoms with Gasteiger partial charge in [0.15, 0.2) is 0 Å². The van der Waals surface area contributed by atoms with Gasteiger partial charge in [-0.25, -0.2) is 0 Å². The summed E-state index contributed by atoms with van der Waals surface area (Å²) in [6.45, 7) is 0. The summed E-state index contributed by atoms with van der Waals surface area (Å²) in [7, 11) is 0. The Labute approximate surface area is 74.9 Å². The van der Waals surface area contributed by atoms with E-state index in [9.17, 15) is 0 Å². The average Bonchev–Trinajstić information content (AvgIpc) is 1.88. The lowest BCUT2D eigenvalue weighted by molar-refractivity contribution is 1.47. The predicted molar refractivity (Wildman–Crippen MR) is 48.2 cm³/mol. The van der Waals surface area contributed by atoms with Crippen LogP contribution in [0.3, 0.4) is 0 Å². The zero-order chi connectivity index (χ0) is 7.56. The van der Waals surface area contributed by atoms with Gasteiger partial charge >= 0.3 is 0 Å². The van der Waals surface area contributed by atoms with Crippen LogP contribution < -0.4 is 4.84 Å². The average molecular weight is 194 g/mol. The largest absolute Gasteiger partial charge is 0.297 e. The third-order valence-electron chi connectivity index (χ3n) is 1.06. The lowest BCUT2D eigenvalue weighted by Crippen LogP contribution is -1.80. The third kappa shape index (κ3) is 1.72. The predicted octanol–water partition coefficient (Wildman–Crippen LogP) is 3.19. The van der Waals surface area contributed by atoms with Gasteiger partial charge in [-0.2, -0.15) is 0 Å². The lowest BCUT2D eigenvalue weighted by atomic mass is 10.3. The lowest BCUT2D eigenvalue weighted by Gasteiger charge is -2.00. The number of thiol groups is 1. The van der Waals surface area contributed by atoms with Gasteiger partial charge in [0.1, 0.15) is 0 Å². The summed E-state index contributed by atoms with van der Waals surface area (Å²) in [6.07, 6.45) is 0. The van der Waals surface area contributed by atoms with Crippen molar-refractivity contribution in [1.82, 2.24) is 0 Å². The van der Waals surface area contributed by atoms with E-state index < -0.39 is 0 Å². The molecule has 0 radical (unpaired) electrons. The van der Waals surface area contributed by atoms with Crippen molar-refractivity contribution >= 4 is 41.7 Å². The number of halogens is 2. The maximum Gasteiger partial charge on any atom is 0.0626 e. The normalized spacial score (nSPS) is 9.50. The van der Waals surface area contributed by atoms with Crippen LogP contribution in [0, 0.1) is 0 Å². The first-order chi connectivity index (χ1) is 4.74. The molecule has 0 atom stereocenters. The quantitative estimate of drug-likeness (QED) is 0.516. The van der Waals surface area contributed by atoms with Crippen LogP contribution in [0.25, 0.3) is 0 Å². The van der Waals surface area contributed by atoms with E-state index >= 15 is 0 Å². The standard InChI is InChI=1S/C6H5Cl2NS/c7-4-1-2-5(9-8)6(10)3-4/h1-3,9-10H. The topological polar surface area (TPSA) is 12.0 Å². The molecule has 0 fully saturated rings. The number of hydrogen-bond acceptors (Lipinski definition) is 2. The van der Waals surface area contributed by atoms with E-state index in [1.54, 1.807) is 18.2 Å². The van der Waals surface area contributed by atoms with Crippen LogP contribution in [0.1, 0.15) is 0 Å². The molecule has 54 valence electrons. The van der Waals surface area contributed by atoms with Gasteiger partial charge in [-0.1, -0.05) is 11.6 Å². The van der Waals surface area contributed by atoms with Crippen molar-refractivity contribution in [1.29, 1.82) is 0 Å². The molecule has 1 aromatic rings. The van der Waals surface area contributed by atoms with E-state index in [0.717, 1.165) is 10.6 Å². The Morgan fingerprint density at radius 3 is 2.60 bits per heavy atom. The van der Waals surface area contributed by atoms with Gasteiger partial charge < -0.3 is 0 Å². The fraction of sp³-hybridized carbons (Fsp3) is 0. The highest BCUT2D eigenvalue weighted by molar-refractivity contribution is 7.80. The summed E-state index contributed by atoms with van der Waals surface area (Å²) < 4.78 is 0. The van der Waals surface area contributed by atoms with Gasteiger partial charge in [-0.15, -0.1) is 12.6 Å². The fourth-order valence-electron chi connectivity index (χ4n) is 0.585. The van der Waals surface area contributed by atoms with E-state index in [2.05, 4.69) is 17.5 Å². The molecule has 0 aliphatic rings. The molecule has 0 saturated heterocycles. The molecule has 0 saturated carbocycles. The van der Waals surface area contributed by atoms with E-state index in [-0.39, 0.29) is 0 Å². The van der Waals surface area contributed by atoms with E-state index in [1.807, 2.05) is 0 Å². The van der Waals surface area contributed by atoms with Crippen LogP contribution in [-0.2, 0) is 0 Å². The number of nitrogens with one attached hydrogen (secondary N) is 1. The Morgan fingerprint density at radius 2 is 2.10 bits per heavy atom. The first kappa shape index (κ1) is 8.05. The summed E-state index contributed by atoms with van der Waals surface area (Å²) in [4.78, 5) is 3.20. The maximum atomic E-state index is 5.65. The first-order valence-corrected chi connectivity index (χ1v) is 3.79. The molecule has 0 aromatic heterocycles. The molecule has 0 spiro atoms. The van der Waals surface area contributed by atoms with Crippen LogP contribution in [0.15, 0.2) is 23.1 Å². The minimum absolute atomic E-state index is 0.653. The SMILES string of the molecule is Sc1cc(Cl)ccc1NCl. The smallest absolute Gasteiger partial charge is 0.0626 e. The number of benzene rings is 1. The van der Waals surface area contributed by atoms with E-state index in [1.165, 1.54) is 0 Å². The number of rotatable bonds is 1. The Morgan fingerprint density at radius 1 is 1.40 bits per heavy atom. The summed E-state index contributed by atoms with van der Waals surface area (Å²) in [5.41, 5.74) is 0.759. The van der Waals surface area contributed by atoms with Gasteiger partial charge in [-0.3, -0.25) is 4.84 Å². The first-order valence-electron chi connectivity index (χ1n) is 2.59. The van der Waals surface area contributed by atoms with Crippen LogP contribution in [0.5, 0.6) is 0 Å². The summed E-state index contributed by atoms with van der Waals surface area (Å²) in [6, 6.07) is 5.22.